The molecule has 5 heteroatoms. The van der Waals surface area contributed by atoms with Crippen LogP contribution in [0.25, 0.3) is 10.9 Å². The lowest BCUT2D eigenvalue weighted by molar-refractivity contribution is -0.132. The van der Waals surface area contributed by atoms with Gasteiger partial charge in [-0.1, -0.05) is 47.5 Å². The number of allylic oxidation sites excluding steroid dienone is 2. The molecule has 2 aromatic rings. The summed E-state index contributed by atoms with van der Waals surface area (Å²) in [6, 6.07) is 8.53. The third-order valence-corrected chi connectivity index (χ3v) is 6.16. The van der Waals surface area contributed by atoms with Crippen LogP contribution in [0.2, 0.25) is 5.02 Å². The Kier molecular flexibility index (Phi) is 5.11. The van der Waals surface area contributed by atoms with Gasteiger partial charge in [-0.3, -0.25) is 0 Å². The van der Waals surface area contributed by atoms with Crippen molar-refractivity contribution in [2.24, 2.45) is 5.92 Å². The fourth-order valence-corrected chi connectivity index (χ4v) is 4.16. The predicted molar refractivity (Wildman–Crippen MR) is 109 cm³/mol. The lowest BCUT2D eigenvalue weighted by Crippen LogP contribution is -2.29. The van der Waals surface area contributed by atoms with Crippen molar-refractivity contribution in [1.29, 1.82) is 0 Å². The summed E-state index contributed by atoms with van der Waals surface area (Å²) >= 11 is 6.74. The van der Waals surface area contributed by atoms with Gasteiger partial charge in [0.15, 0.2) is 0 Å². The molecule has 142 valence electrons. The van der Waals surface area contributed by atoms with Gasteiger partial charge in [0.2, 0.25) is 0 Å². The molecule has 2 aliphatic rings. The SMILES string of the molecule is CC(NCc1c(Cl)c2ccccc2n1CC1CC1)C1=CC=C(C(=O)O)CC1. The van der Waals surface area contributed by atoms with Gasteiger partial charge in [-0.2, -0.15) is 0 Å². The molecule has 27 heavy (non-hydrogen) atoms. The molecule has 2 N–H and O–H groups in total. The molecule has 0 bridgehead atoms. The molecule has 1 aromatic heterocycles. The van der Waals surface area contributed by atoms with Crippen LogP contribution < -0.4 is 5.32 Å². The van der Waals surface area contributed by atoms with Crippen LogP contribution in [0.5, 0.6) is 0 Å². The second kappa shape index (κ2) is 7.53. The minimum absolute atomic E-state index is 0.181. The maximum Gasteiger partial charge on any atom is 0.331 e. The molecule has 1 fully saturated rings. The van der Waals surface area contributed by atoms with E-state index in [0.29, 0.717) is 18.5 Å². The Morgan fingerprint density at radius 1 is 1.30 bits per heavy atom. The van der Waals surface area contributed by atoms with Crippen molar-refractivity contribution in [2.75, 3.05) is 0 Å². The van der Waals surface area contributed by atoms with Crippen LogP contribution in [-0.4, -0.2) is 21.7 Å². The molecule has 0 saturated heterocycles. The highest BCUT2D eigenvalue weighted by molar-refractivity contribution is 6.36. The van der Waals surface area contributed by atoms with Crippen molar-refractivity contribution in [2.45, 2.75) is 51.7 Å². The van der Waals surface area contributed by atoms with Crippen molar-refractivity contribution in [3.05, 3.63) is 58.3 Å². The molecule has 1 heterocycles. The van der Waals surface area contributed by atoms with Crippen molar-refractivity contribution in [1.82, 2.24) is 9.88 Å². The highest BCUT2D eigenvalue weighted by atomic mass is 35.5. The molecule has 1 aromatic carbocycles. The summed E-state index contributed by atoms with van der Waals surface area (Å²) in [4.78, 5) is 11.1. The first kappa shape index (κ1) is 18.3. The van der Waals surface area contributed by atoms with Gasteiger partial charge in [0.05, 0.1) is 10.7 Å². The number of aliphatic carboxylic acids is 1. The van der Waals surface area contributed by atoms with Gasteiger partial charge >= 0.3 is 5.97 Å². The molecule has 1 unspecified atom stereocenters. The minimum atomic E-state index is -0.817. The minimum Gasteiger partial charge on any atom is -0.478 e. The van der Waals surface area contributed by atoms with Gasteiger partial charge in [-0.25, -0.2) is 4.79 Å². The van der Waals surface area contributed by atoms with Crippen LogP contribution in [0, 0.1) is 5.92 Å². The number of hydrogen-bond donors (Lipinski definition) is 2. The van der Waals surface area contributed by atoms with Crippen LogP contribution in [0.1, 0.15) is 38.3 Å². The van der Waals surface area contributed by atoms with E-state index in [-0.39, 0.29) is 6.04 Å². The molecule has 0 amide bonds. The molecule has 4 rings (SSSR count). The zero-order valence-corrected chi connectivity index (χ0v) is 16.3. The van der Waals surface area contributed by atoms with E-state index < -0.39 is 5.97 Å². The number of carboxylic acid groups (broad SMARTS) is 1. The van der Waals surface area contributed by atoms with Crippen molar-refractivity contribution >= 4 is 28.5 Å². The molecule has 0 aliphatic heterocycles. The number of fused-ring (bicyclic) bond motifs is 1. The Bertz CT molecular complexity index is 937. The second-order valence-electron chi connectivity index (χ2n) is 7.67. The third kappa shape index (κ3) is 3.83. The lowest BCUT2D eigenvalue weighted by Gasteiger charge is -2.21. The largest absolute Gasteiger partial charge is 0.478 e. The Morgan fingerprint density at radius 3 is 2.74 bits per heavy atom. The Labute approximate surface area is 164 Å². The van der Waals surface area contributed by atoms with Crippen LogP contribution in [0.3, 0.4) is 0 Å². The normalized spacial score (nSPS) is 18.3. The maximum atomic E-state index is 11.1. The van der Waals surface area contributed by atoms with Crippen molar-refractivity contribution in [3.8, 4) is 0 Å². The molecule has 2 aliphatic carbocycles. The predicted octanol–water partition coefficient (Wildman–Crippen LogP) is 4.91. The van der Waals surface area contributed by atoms with Crippen LogP contribution in [-0.2, 0) is 17.9 Å². The summed E-state index contributed by atoms with van der Waals surface area (Å²) in [7, 11) is 0. The summed E-state index contributed by atoms with van der Waals surface area (Å²) < 4.78 is 2.38. The van der Waals surface area contributed by atoms with Crippen molar-refractivity contribution < 1.29 is 9.90 Å². The van der Waals surface area contributed by atoms with E-state index in [1.54, 1.807) is 6.08 Å². The smallest absolute Gasteiger partial charge is 0.331 e. The average Bonchev–Trinajstić information content (AvgIpc) is 3.46. The van der Waals surface area contributed by atoms with E-state index in [2.05, 4.69) is 35.0 Å². The molecular weight excluding hydrogens is 360 g/mol. The van der Waals surface area contributed by atoms with E-state index in [9.17, 15) is 4.79 Å². The van der Waals surface area contributed by atoms with Crippen molar-refractivity contribution in [3.63, 3.8) is 0 Å². The Balaban J connectivity index is 1.53. The highest BCUT2D eigenvalue weighted by Crippen LogP contribution is 2.36. The quantitative estimate of drug-likeness (QED) is 0.712. The number of benzene rings is 1. The number of halogens is 1. The topological polar surface area (TPSA) is 54.3 Å². The number of nitrogens with zero attached hydrogens (tertiary/aromatic N) is 1. The summed E-state index contributed by atoms with van der Waals surface area (Å²) in [5, 5.41) is 14.7. The summed E-state index contributed by atoms with van der Waals surface area (Å²) in [5.74, 6) is -0.0454. The average molecular weight is 385 g/mol. The first-order chi connectivity index (χ1) is 13.0. The molecule has 0 spiro atoms. The number of carboxylic acids is 1. The molecule has 4 nitrogen and oxygen atoms in total. The monoisotopic (exact) mass is 384 g/mol. The fourth-order valence-electron chi connectivity index (χ4n) is 3.83. The number of carbonyl (C=O) groups is 1. The van der Waals surface area contributed by atoms with Gasteiger partial charge < -0.3 is 15.0 Å². The zero-order valence-electron chi connectivity index (χ0n) is 15.5. The second-order valence-corrected chi connectivity index (χ2v) is 8.05. The van der Waals surface area contributed by atoms with Crippen LogP contribution >= 0.6 is 11.6 Å². The van der Waals surface area contributed by atoms with E-state index in [0.717, 1.165) is 35.0 Å². The zero-order chi connectivity index (χ0) is 19.0. The van der Waals surface area contributed by atoms with Crippen LogP contribution in [0.4, 0.5) is 0 Å². The first-order valence-electron chi connectivity index (χ1n) is 9.66. The molecule has 1 saturated carbocycles. The molecule has 1 atom stereocenters. The number of rotatable bonds is 7. The standard InChI is InChI=1S/C22H25ClN2O2/c1-14(16-8-10-17(11-9-16)22(26)27)24-12-20-21(23)18-4-2-3-5-19(18)25(20)13-15-6-7-15/h2-5,8,10,14-15,24H,6-7,9,11-13H2,1H3,(H,26,27). The van der Waals surface area contributed by atoms with E-state index in [1.165, 1.54) is 23.9 Å². The first-order valence-corrected chi connectivity index (χ1v) is 10.0. The van der Waals surface area contributed by atoms with Gasteiger partial charge in [-0.15, -0.1) is 0 Å². The summed E-state index contributed by atoms with van der Waals surface area (Å²) in [5.41, 5.74) is 4.08. The number of hydrogen-bond acceptors (Lipinski definition) is 2. The number of aromatic nitrogens is 1. The highest BCUT2D eigenvalue weighted by Gasteiger charge is 2.25. The van der Waals surface area contributed by atoms with E-state index >= 15 is 0 Å². The molecular formula is C22H25ClN2O2. The number of nitrogens with one attached hydrogen (secondary N) is 1. The Morgan fingerprint density at radius 2 is 2.07 bits per heavy atom. The van der Waals surface area contributed by atoms with Gasteiger partial charge in [0.1, 0.15) is 0 Å². The Hall–Kier alpha value is -2.04. The summed E-state index contributed by atoms with van der Waals surface area (Å²) in [6.07, 6.45) is 7.67. The third-order valence-electron chi connectivity index (χ3n) is 5.74. The fraction of sp³-hybridized carbons (Fsp3) is 0.409. The van der Waals surface area contributed by atoms with E-state index in [4.69, 9.17) is 16.7 Å². The number of para-hydroxylation sites is 1. The van der Waals surface area contributed by atoms with Gasteiger partial charge in [0.25, 0.3) is 0 Å². The van der Waals surface area contributed by atoms with Gasteiger partial charge in [-0.05, 0) is 44.6 Å². The lowest BCUT2D eigenvalue weighted by atomic mass is 9.94. The van der Waals surface area contributed by atoms with E-state index in [1.807, 2.05) is 12.1 Å². The van der Waals surface area contributed by atoms with Gasteiger partial charge in [0, 0.05) is 35.6 Å². The molecule has 0 radical (unpaired) electrons. The summed E-state index contributed by atoms with van der Waals surface area (Å²) in [6.45, 7) is 3.87. The maximum absolute atomic E-state index is 11.1. The van der Waals surface area contributed by atoms with Crippen LogP contribution in [0.15, 0.2) is 47.6 Å².